The highest BCUT2D eigenvalue weighted by Gasteiger charge is 1.92. The summed E-state index contributed by atoms with van der Waals surface area (Å²) >= 11 is 4.28. The van der Waals surface area contributed by atoms with E-state index in [1.54, 1.807) is 13.0 Å². The van der Waals surface area contributed by atoms with E-state index in [1.807, 2.05) is 50.2 Å². The Kier molecular flexibility index (Phi) is 72.1. The van der Waals surface area contributed by atoms with Gasteiger partial charge < -0.3 is 10.2 Å². The van der Waals surface area contributed by atoms with Crippen LogP contribution >= 0.6 is 12.6 Å². The molecule has 3 heteroatoms. The second-order valence-corrected chi connectivity index (χ2v) is 8.12. The number of hydrogen-bond donors (Lipinski definition) is 3. The molecule has 2 N–H and O–H groups in total. The lowest BCUT2D eigenvalue weighted by atomic mass is 10.1. The molecule has 0 fully saturated rings. The predicted molar refractivity (Wildman–Crippen MR) is 182 cm³/mol. The van der Waals surface area contributed by atoms with Gasteiger partial charge in [0.05, 0.1) is 6.10 Å². The van der Waals surface area contributed by atoms with E-state index in [9.17, 15) is 0 Å². The fraction of sp³-hybridized carbons (Fsp3) is 0.647. The first kappa shape index (κ1) is 55.9. The van der Waals surface area contributed by atoms with Gasteiger partial charge in [0.15, 0.2) is 0 Å². The Hall–Kier alpha value is -1.45. The average molecular weight is 545 g/mol. The van der Waals surface area contributed by atoms with Gasteiger partial charge in [0.1, 0.15) is 5.75 Å². The number of phenolic OH excluding ortho intramolecular Hbond substituents is 1. The summed E-state index contributed by atoms with van der Waals surface area (Å²) in [6, 6.07) is 15.5. The molecule has 0 aliphatic carbocycles. The van der Waals surface area contributed by atoms with E-state index in [0.717, 1.165) is 29.7 Å². The molecule has 37 heavy (non-hydrogen) atoms. The number of aliphatic hydroxyl groups excluding tert-OH is 1. The van der Waals surface area contributed by atoms with Gasteiger partial charge in [0.2, 0.25) is 0 Å². The van der Waals surface area contributed by atoms with Crippen LogP contribution in [0.1, 0.15) is 142 Å². The molecule has 0 aliphatic rings. The van der Waals surface area contributed by atoms with Gasteiger partial charge in [-0.2, -0.15) is 0 Å². The van der Waals surface area contributed by atoms with E-state index in [1.165, 1.54) is 31.2 Å². The summed E-state index contributed by atoms with van der Waals surface area (Å²) in [5.41, 5.74) is 2.33. The van der Waals surface area contributed by atoms with E-state index in [4.69, 9.17) is 10.2 Å². The summed E-state index contributed by atoms with van der Waals surface area (Å²) in [7, 11) is 0. The first-order chi connectivity index (χ1) is 15.7. The Morgan fingerprint density at radius 2 is 0.919 bits per heavy atom. The second-order valence-electron chi connectivity index (χ2n) is 7.64. The van der Waals surface area contributed by atoms with Gasteiger partial charge >= 0.3 is 0 Å². The number of rotatable bonds is 4. The van der Waals surface area contributed by atoms with Crippen LogP contribution in [0.25, 0.3) is 0 Å². The Bertz CT molecular complexity index is 548. The van der Waals surface area contributed by atoms with Gasteiger partial charge in [-0.05, 0) is 49.4 Å². The first-order valence-corrected chi connectivity index (χ1v) is 13.4. The van der Waals surface area contributed by atoms with Gasteiger partial charge in [-0.15, -0.1) is 12.6 Å². The molecule has 2 nitrogen and oxygen atoms in total. The monoisotopic (exact) mass is 545 g/mol. The van der Waals surface area contributed by atoms with Crippen molar-refractivity contribution in [1.29, 1.82) is 0 Å². The smallest absolute Gasteiger partial charge is 0.118 e. The Morgan fingerprint density at radius 1 is 0.622 bits per heavy atom. The van der Waals surface area contributed by atoms with Crippen LogP contribution in [0.15, 0.2) is 53.4 Å². The van der Waals surface area contributed by atoms with Gasteiger partial charge in [-0.3, -0.25) is 0 Å². The third-order valence-electron chi connectivity index (χ3n) is 3.84. The van der Waals surface area contributed by atoms with Crippen molar-refractivity contribution in [1.82, 2.24) is 0 Å². The maximum Gasteiger partial charge on any atom is 0.118 e. The molecule has 0 heterocycles. The van der Waals surface area contributed by atoms with E-state index in [-0.39, 0.29) is 35.8 Å². The number of hydrogen-bond acceptors (Lipinski definition) is 3. The van der Waals surface area contributed by atoms with Gasteiger partial charge in [-0.1, -0.05) is 154 Å². The lowest BCUT2D eigenvalue weighted by molar-refractivity contribution is 0.191. The largest absolute Gasteiger partial charge is 0.508 e. The van der Waals surface area contributed by atoms with Crippen molar-refractivity contribution in [3.8, 4) is 5.75 Å². The summed E-state index contributed by atoms with van der Waals surface area (Å²) in [5.74, 6) is 0.403. The molecule has 226 valence electrons. The molecule has 2 aromatic carbocycles. The second kappa shape index (κ2) is 47.7. The fourth-order valence-corrected chi connectivity index (χ4v) is 1.94. The van der Waals surface area contributed by atoms with Crippen molar-refractivity contribution < 1.29 is 10.2 Å². The summed E-state index contributed by atoms with van der Waals surface area (Å²) in [4.78, 5) is 1.10. The molecular formula is C34H72O2S. The number of aliphatic hydroxyl groups is 1. The molecule has 0 aromatic heterocycles. The topological polar surface area (TPSA) is 40.5 Å². The lowest BCUT2D eigenvalue weighted by Gasteiger charge is -1.97. The number of unbranched alkanes of at least 4 members (excludes halogenated alkanes) is 1. The van der Waals surface area contributed by atoms with Crippen LogP contribution in [0.4, 0.5) is 0 Å². The van der Waals surface area contributed by atoms with E-state index in [0.29, 0.717) is 5.75 Å². The van der Waals surface area contributed by atoms with Crippen molar-refractivity contribution in [2.24, 2.45) is 0 Å². The number of benzene rings is 2. The zero-order valence-electron chi connectivity index (χ0n) is 23.5. The molecule has 0 aliphatic heterocycles. The Balaban J connectivity index is -0.0000000472. The van der Waals surface area contributed by atoms with Crippen molar-refractivity contribution >= 4 is 12.6 Å². The van der Waals surface area contributed by atoms with Crippen LogP contribution in [0.5, 0.6) is 5.75 Å². The number of aromatic hydroxyl groups is 1. The number of aryl methyl sites for hydroxylation is 2. The maximum atomic E-state index is 9.11. The maximum absolute atomic E-state index is 9.11. The molecule has 1 unspecified atom stereocenters. The van der Waals surface area contributed by atoms with Crippen LogP contribution in [0.3, 0.4) is 0 Å². The zero-order chi connectivity index (χ0) is 26.5. The minimum Gasteiger partial charge on any atom is -0.508 e. The SMILES string of the molecule is C.C.C.C.CCC.CCC.CCC(C)O.CCCC.CCc1ccccc1O.CCc1ccccc1S. The summed E-state index contributed by atoms with van der Waals surface area (Å²) in [6.07, 6.45) is 7.85. The molecule has 0 saturated heterocycles. The Labute approximate surface area is 242 Å². The highest BCUT2D eigenvalue weighted by molar-refractivity contribution is 7.80. The van der Waals surface area contributed by atoms with Crippen LogP contribution in [-0.2, 0) is 12.8 Å². The van der Waals surface area contributed by atoms with Gasteiger partial charge in [0.25, 0.3) is 0 Å². The average Bonchev–Trinajstić information content (AvgIpc) is 2.82. The highest BCUT2D eigenvalue weighted by atomic mass is 32.1. The standard InChI is InChI=1S/C8H10O.C8H10S.C4H10O.C4H10.2C3H8.4CH4/c2*1-2-7-5-3-4-6-8(7)9;1-3-4(2)5;1-3-4-2;2*1-3-2;;;;/h2*3-6,9H,2H2,1H3;4-5H,3H2,1-2H3;3-4H2,1-2H3;2*3H2,1-2H3;4*1H4. The van der Waals surface area contributed by atoms with E-state index < -0.39 is 0 Å². The van der Waals surface area contributed by atoms with Crippen molar-refractivity contribution in [3.63, 3.8) is 0 Å². The van der Waals surface area contributed by atoms with Crippen LogP contribution < -0.4 is 0 Å². The number of phenols is 1. The molecule has 2 aromatic rings. The fourth-order valence-electron chi connectivity index (χ4n) is 1.62. The lowest BCUT2D eigenvalue weighted by Crippen LogP contribution is -1.93. The molecule has 0 bridgehead atoms. The first-order valence-electron chi connectivity index (χ1n) is 12.9. The molecule has 2 rings (SSSR count). The molecule has 0 saturated carbocycles. The minimum absolute atomic E-state index is 0. The summed E-state index contributed by atoms with van der Waals surface area (Å²) in [6.45, 7) is 20.7. The van der Waals surface area contributed by atoms with Crippen molar-refractivity contribution in [2.75, 3.05) is 0 Å². The molecule has 0 radical (unpaired) electrons. The highest BCUT2D eigenvalue weighted by Crippen LogP contribution is 2.15. The third kappa shape index (κ3) is 48.2. The predicted octanol–water partition coefficient (Wildman–Crippen LogP) is 12.5. The zero-order valence-corrected chi connectivity index (χ0v) is 24.4. The van der Waals surface area contributed by atoms with Crippen LogP contribution in [-0.4, -0.2) is 16.3 Å². The summed E-state index contributed by atoms with van der Waals surface area (Å²) in [5, 5.41) is 17.5. The van der Waals surface area contributed by atoms with E-state index >= 15 is 0 Å². The van der Waals surface area contributed by atoms with E-state index in [2.05, 4.69) is 67.2 Å². The normalized spacial score (nSPS) is 8.43. The van der Waals surface area contributed by atoms with Crippen molar-refractivity contribution in [2.45, 2.75) is 155 Å². The molecular weight excluding hydrogens is 472 g/mol. The third-order valence-corrected chi connectivity index (χ3v) is 4.27. The molecule has 1 atom stereocenters. The number of thiol groups is 1. The Morgan fingerprint density at radius 3 is 1.11 bits per heavy atom. The van der Waals surface area contributed by atoms with Gasteiger partial charge in [-0.25, -0.2) is 0 Å². The van der Waals surface area contributed by atoms with Crippen molar-refractivity contribution in [3.05, 3.63) is 59.7 Å². The molecule has 0 spiro atoms. The van der Waals surface area contributed by atoms with Gasteiger partial charge in [0, 0.05) is 4.90 Å². The minimum atomic E-state index is -0.116. The number of para-hydroxylation sites is 1. The summed E-state index contributed by atoms with van der Waals surface area (Å²) < 4.78 is 0. The van der Waals surface area contributed by atoms with Crippen LogP contribution in [0.2, 0.25) is 0 Å². The van der Waals surface area contributed by atoms with Crippen LogP contribution in [0, 0.1) is 0 Å². The molecule has 0 amide bonds. The quantitative estimate of drug-likeness (QED) is 0.335.